The third-order valence-electron chi connectivity index (χ3n) is 3.64. The summed E-state index contributed by atoms with van der Waals surface area (Å²) in [6, 6.07) is 14.9. The van der Waals surface area contributed by atoms with E-state index in [1.54, 1.807) is 24.3 Å². The standard InChI is InChI=1S/C20H17F3N2O2/c1-2-11-25(14-20(21,22)23)19(26)15-7-9-18(10-8-15)27-13-17-6-4-3-5-16(17)12-24/h2-10H,1,11,13-14H2. The molecule has 2 aromatic carbocycles. The minimum Gasteiger partial charge on any atom is -0.489 e. The fraction of sp³-hybridized carbons (Fsp3) is 0.200. The average molecular weight is 374 g/mol. The SMILES string of the molecule is C=CCN(CC(F)(F)F)C(=O)c1ccc(OCc2ccccc2C#N)cc1. The smallest absolute Gasteiger partial charge is 0.406 e. The van der Waals surface area contributed by atoms with Crippen molar-refractivity contribution in [2.24, 2.45) is 0 Å². The van der Waals surface area contributed by atoms with Crippen molar-refractivity contribution in [1.82, 2.24) is 4.90 Å². The molecule has 0 bridgehead atoms. The molecule has 1 amide bonds. The molecule has 2 aromatic rings. The topological polar surface area (TPSA) is 53.3 Å². The molecular formula is C20H17F3N2O2. The second-order valence-electron chi connectivity index (χ2n) is 5.67. The Hall–Kier alpha value is -3.27. The van der Waals surface area contributed by atoms with Gasteiger partial charge in [0.2, 0.25) is 0 Å². The van der Waals surface area contributed by atoms with Crippen LogP contribution in [0.4, 0.5) is 13.2 Å². The van der Waals surface area contributed by atoms with Gasteiger partial charge in [0.05, 0.1) is 11.6 Å². The summed E-state index contributed by atoms with van der Waals surface area (Å²) in [6.45, 7) is 1.99. The molecule has 0 fully saturated rings. The van der Waals surface area contributed by atoms with E-state index in [1.807, 2.05) is 0 Å². The van der Waals surface area contributed by atoms with Crippen molar-refractivity contribution in [2.75, 3.05) is 13.1 Å². The lowest BCUT2D eigenvalue weighted by molar-refractivity contribution is -0.139. The number of carbonyl (C=O) groups is 1. The van der Waals surface area contributed by atoms with Gasteiger partial charge >= 0.3 is 6.18 Å². The van der Waals surface area contributed by atoms with E-state index >= 15 is 0 Å². The fourth-order valence-corrected chi connectivity index (χ4v) is 2.38. The second kappa shape index (κ2) is 8.90. The number of carbonyl (C=O) groups excluding carboxylic acids is 1. The quantitative estimate of drug-likeness (QED) is 0.678. The zero-order valence-electron chi connectivity index (χ0n) is 14.4. The lowest BCUT2D eigenvalue weighted by Crippen LogP contribution is -2.39. The van der Waals surface area contributed by atoms with Gasteiger partial charge in [-0.2, -0.15) is 18.4 Å². The number of alkyl halides is 3. The summed E-state index contributed by atoms with van der Waals surface area (Å²) in [4.78, 5) is 13.0. The lowest BCUT2D eigenvalue weighted by atomic mass is 10.1. The molecule has 0 aromatic heterocycles. The summed E-state index contributed by atoms with van der Waals surface area (Å²) < 4.78 is 43.5. The Bertz CT molecular complexity index is 840. The summed E-state index contributed by atoms with van der Waals surface area (Å²) in [5, 5.41) is 9.05. The Morgan fingerprint density at radius 3 is 2.44 bits per heavy atom. The molecule has 0 heterocycles. The van der Waals surface area contributed by atoms with Gasteiger partial charge in [-0.25, -0.2) is 0 Å². The molecule has 0 unspecified atom stereocenters. The number of ether oxygens (including phenoxy) is 1. The molecule has 7 heteroatoms. The van der Waals surface area contributed by atoms with Crippen LogP contribution in [0, 0.1) is 11.3 Å². The number of nitrogens with zero attached hydrogens (tertiary/aromatic N) is 2. The molecule has 0 N–H and O–H groups in total. The maximum Gasteiger partial charge on any atom is 0.406 e. The van der Waals surface area contributed by atoms with E-state index in [0.29, 0.717) is 21.8 Å². The molecule has 140 valence electrons. The number of hydrogen-bond acceptors (Lipinski definition) is 3. The van der Waals surface area contributed by atoms with Crippen molar-refractivity contribution in [1.29, 1.82) is 5.26 Å². The fourth-order valence-electron chi connectivity index (χ4n) is 2.38. The van der Waals surface area contributed by atoms with Gasteiger partial charge < -0.3 is 9.64 Å². The second-order valence-corrected chi connectivity index (χ2v) is 5.67. The van der Waals surface area contributed by atoms with Crippen molar-refractivity contribution in [3.05, 3.63) is 77.9 Å². The van der Waals surface area contributed by atoms with E-state index < -0.39 is 18.6 Å². The molecule has 27 heavy (non-hydrogen) atoms. The van der Waals surface area contributed by atoms with Crippen LogP contribution < -0.4 is 4.74 Å². The van der Waals surface area contributed by atoms with Gasteiger partial charge in [-0.05, 0) is 30.3 Å². The average Bonchev–Trinajstić information content (AvgIpc) is 2.65. The van der Waals surface area contributed by atoms with Gasteiger partial charge in [0.25, 0.3) is 5.91 Å². The predicted molar refractivity (Wildman–Crippen MR) is 94.1 cm³/mol. The van der Waals surface area contributed by atoms with Crippen LogP contribution in [0.1, 0.15) is 21.5 Å². The summed E-state index contributed by atoms with van der Waals surface area (Å²) in [7, 11) is 0. The van der Waals surface area contributed by atoms with Crippen molar-refractivity contribution in [3.63, 3.8) is 0 Å². The van der Waals surface area contributed by atoms with Crippen molar-refractivity contribution in [3.8, 4) is 11.8 Å². The number of nitriles is 1. The minimum absolute atomic E-state index is 0.117. The zero-order valence-corrected chi connectivity index (χ0v) is 14.4. The van der Waals surface area contributed by atoms with Gasteiger partial charge in [-0.15, -0.1) is 6.58 Å². The molecule has 0 spiro atoms. The van der Waals surface area contributed by atoms with Crippen LogP contribution in [-0.2, 0) is 6.61 Å². The van der Waals surface area contributed by atoms with Crippen LogP contribution in [-0.4, -0.2) is 30.1 Å². The third-order valence-corrected chi connectivity index (χ3v) is 3.64. The highest BCUT2D eigenvalue weighted by Gasteiger charge is 2.32. The van der Waals surface area contributed by atoms with E-state index in [9.17, 15) is 18.0 Å². The summed E-state index contributed by atoms with van der Waals surface area (Å²) in [6.07, 6.45) is -3.25. The van der Waals surface area contributed by atoms with E-state index in [2.05, 4.69) is 12.6 Å². The van der Waals surface area contributed by atoms with Crippen molar-refractivity contribution >= 4 is 5.91 Å². The van der Waals surface area contributed by atoms with E-state index in [1.165, 1.54) is 30.3 Å². The normalized spacial score (nSPS) is 10.7. The first-order valence-electron chi connectivity index (χ1n) is 8.02. The molecule has 0 radical (unpaired) electrons. The first kappa shape index (κ1) is 20.0. The van der Waals surface area contributed by atoms with Gasteiger partial charge in [-0.3, -0.25) is 4.79 Å². The van der Waals surface area contributed by atoms with Crippen LogP contribution in [0.3, 0.4) is 0 Å². The van der Waals surface area contributed by atoms with E-state index in [0.717, 1.165) is 0 Å². The summed E-state index contributed by atoms with van der Waals surface area (Å²) in [5.41, 5.74) is 1.32. The number of amides is 1. The molecule has 0 aliphatic heterocycles. The van der Waals surface area contributed by atoms with Gasteiger partial charge in [0, 0.05) is 17.7 Å². The van der Waals surface area contributed by atoms with Crippen LogP contribution in [0.2, 0.25) is 0 Å². The highest BCUT2D eigenvalue weighted by atomic mass is 19.4. The molecule has 0 aliphatic rings. The Morgan fingerprint density at radius 2 is 1.85 bits per heavy atom. The van der Waals surface area contributed by atoms with Crippen LogP contribution in [0.15, 0.2) is 61.2 Å². The molecule has 0 saturated heterocycles. The number of benzene rings is 2. The molecule has 0 atom stereocenters. The van der Waals surface area contributed by atoms with Crippen LogP contribution in [0.25, 0.3) is 0 Å². The van der Waals surface area contributed by atoms with Crippen LogP contribution >= 0.6 is 0 Å². The van der Waals surface area contributed by atoms with Crippen molar-refractivity contribution < 1.29 is 22.7 Å². The Morgan fingerprint density at radius 1 is 1.19 bits per heavy atom. The third kappa shape index (κ3) is 5.89. The molecule has 0 aliphatic carbocycles. The summed E-state index contributed by atoms with van der Waals surface area (Å²) in [5.74, 6) is -0.306. The van der Waals surface area contributed by atoms with Gasteiger partial charge in [0.15, 0.2) is 0 Å². The number of hydrogen-bond donors (Lipinski definition) is 0. The molecule has 4 nitrogen and oxygen atoms in total. The van der Waals surface area contributed by atoms with Crippen LogP contribution in [0.5, 0.6) is 5.75 Å². The number of halogens is 3. The maximum absolute atomic E-state index is 12.6. The minimum atomic E-state index is -4.49. The highest BCUT2D eigenvalue weighted by Crippen LogP contribution is 2.20. The monoisotopic (exact) mass is 374 g/mol. The van der Waals surface area contributed by atoms with Gasteiger partial charge in [-0.1, -0.05) is 24.3 Å². The summed E-state index contributed by atoms with van der Waals surface area (Å²) >= 11 is 0. The zero-order chi connectivity index (χ0) is 19.9. The highest BCUT2D eigenvalue weighted by molar-refractivity contribution is 5.94. The van der Waals surface area contributed by atoms with E-state index in [-0.39, 0.29) is 18.7 Å². The molecular weight excluding hydrogens is 357 g/mol. The Labute approximate surface area is 155 Å². The largest absolute Gasteiger partial charge is 0.489 e. The Kier molecular flexibility index (Phi) is 6.61. The Balaban J connectivity index is 2.06. The molecule has 0 saturated carbocycles. The maximum atomic E-state index is 12.6. The van der Waals surface area contributed by atoms with Crippen molar-refractivity contribution in [2.45, 2.75) is 12.8 Å². The first-order valence-corrected chi connectivity index (χ1v) is 8.02. The van der Waals surface area contributed by atoms with Gasteiger partial charge in [0.1, 0.15) is 18.9 Å². The lowest BCUT2D eigenvalue weighted by Gasteiger charge is -2.22. The number of rotatable bonds is 7. The van der Waals surface area contributed by atoms with E-state index in [4.69, 9.17) is 10.00 Å². The first-order chi connectivity index (χ1) is 12.8. The predicted octanol–water partition coefficient (Wildman–Crippen LogP) is 4.33. The molecule has 2 rings (SSSR count).